The van der Waals surface area contributed by atoms with E-state index in [2.05, 4.69) is 0 Å². The van der Waals surface area contributed by atoms with E-state index in [0.717, 1.165) is 0 Å². The fourth-order valence-electron chi connectivity index (χ4n) is 2.26. The lowest BCUT2D eigenvalue weighted by molar-refractivity contribution is -0.141. The zero-order valence-corrected chi connectivity index (χ0v) is 12.6. The van der Waals surface area contributed by atoms with Crippen LogP contribution in [0, 0.1) is 0 Å². The maximum Gasteiger partial charge on any atom is 0.416 e. The second kappa shape index (κ2) is 6.47. The van der Waals surface area contributed by atoms with Gasteiger partial charge in [0.15, 0.2) is 0 Å². The highest BCUT2D eigenvalue weighted by Gasteiger charge is 2.36. The van der Waals surface area contributed by atoms with Crippen molar-refractivity contribution in [2.45, 2.75) is 18.8 Å². The highest BCUT2D eigenvalue weighted by Crippen LogP contribution is 2.37. The molecule has 0 fully saturated rings. The van der Waals surface area contributed by atoms with Gasteiger partial charge in [-0.2, -0.15) is 26.3 Å². The van der Waals surface area contributed by atoms with Gasteiger partial charge in [-0.1, -0.05) is 11.6 Å². The summed E-state index contributed by atoms with van der Waals surface area (Å²) in [6, 6.07) is 5.14. The fourth-order valence-corrected chi connectivity index (χ4v) is 2.52. The minimum atomic E-state index is -4.80. The normalized spacial score (nSPS) is 12.3. The van der Waals surface area contributed by atoms with Crippen molar-refractivity contribution in [1.82, 2.24) is 0 Å². The van der Waals surface area contributed by atoms with Crippen molar-refractivity contribution in [3.05, 3.63) is 69.2 Å². The van der Waals surface area contributed by atoms with Crippen LogP contribution in [-0.4, -0.2) is 6.29 Å². The molecule has 0 spiro atoms. The summed E-state index contributed by atoms with van der Waals surface area (Å²) in [5.74, 6) is 0. The highest BCUT2D eigenvalue weighted by atomic mass is 35.5. The van der Waals surface area contributed by atoms with E-state index in [9.17, 15) is 31.1 Å². The predicted octanol–water partition coefficient (Wildman–Crippen LogP) is 5.78. The average molecular weight is 367 g/mol. The van der Waals surface area contributed by atoms with E-state index in [-0.39, 0.29) is 16.1 Å². The lowest BCUT2D eigenvalue weighted by Crippen LogP contribution is -2.13. The summed E-state index contributed by atoms with van der Waals surface area (Å²) >= 11 is 5.77. The van der Waals surface area contributed by atoms with E-state index >= 15 is 0 Å². The van der Waals surface area contributed by atoms with Gasteiger partial charge in [-0.15, -0.1) is 0 Å². The molecule has 2 aromatic carbocycles. The van der Waals surface area contributed by atoms with Gasteiger partial charge in [-0.25, -0.2) is 0 Å². The Kier molecular flexibility index (Phi) is 4.94. The van der Waals surface area contributed by atoms with E-state index in [0.29, 0.717) is 24.5 Å². The maximum absolute atomic E-state index is 13.0. The van der Waals surface area contributed by atoms with E-state index in [1.807, 2.05) is 0 Å². The molecule has 0 heterocycles. The number of benzene rings is 2. The van der Waals surface area contributed by atoms with Crippen molar-refractivity contribution < 1.29 is 31.1 Å². The number of halogens is 7. The number of carbonyl (C=O) groups is 1. The van der Waals surface area contributed by atoms with Crippen molar-refractivity contribution in [1.29, 1.82) is 0 Å². The number of aldehydes is 1. The van der Waals surface area contributed by atoms with Crippen LogP contribution in [0.15, 0.2) is 36.4 Å². The van der Waals surface area contributed by atoms with Crippen LogP contribution < -0.4 is 0 Å². The molecule has 0 atom stereocenters. The van der Waals surface area contributed by atoms with E-state index < -0.39 is 35.5 Å². The third-order valence-corrected chi connectivity index (χ3v) is 3.47. The van der Waals surface area contributed by atoms with Crippen LogP contribution in [0.1, 0.15) is 32.6 Å². The van der Waals surface area contributed by atoms with Crippen LogP contribution in [0.4, 0.5) is 26.3 Å². The average Bonchev–Trinajstić information content (AvgIpc) is 2.44. The third-order valence-electron chi connectivity index (χ3n) is 3.25. The summed E-state index contributed by atoms with van der Waals surface area (Å²) in [5, 5.41) is 0.107. The number of alkyl halides is 6. The first-order valence-electron chi connectivity index (χ1n) is 6.52. The summed E-state index contributed by atoms with van der Waals surface area (Å²) in [6.07, 6.45) is -9.56. The number of carbonyl (C=O) groups excluding carboxylic acids is 1. The Bertz CT molecular complexity index is 764. The zero-order valence-electron chi connectivity index (χ0n) is 11.8. The molecule has 0 amide bonds. The Balaban J connectivity index is 2.54. The number of rotatable bonds is 3. The first kappa shape index (κ1) is 18.3. The molecule has 8 heteroatoms. The molecule has 2 rings (SSSR count). The Morgan fingerprint density at radius 3 is 2.12 bits per heavy atom. The summed E-state index contributed by atoms with van der Waals surface area (Å²) in [5.41, 5.74) is -2.56. The summed E-state index contributed by atoms with van der Waals surface area (Å²) in [6.45, 7) is 0. The SMILES string of the molecule is O=Cc1cc(Cl)cc(Cc2cc(C(F)(F)F)ccc2C(F)(F)F)c1. The number of hydrogen-bond acceptors (Lipinski definition) is 1. The molecule has 0 N–H and O–H groups in total. The molecule has 1 nitrogen and oxygen atoms in total. The van der Waals surface area contributed by atoms with Crippen LogP contribution in [0.3, 0.4) is 0 Å². The largest absolute Gasteiger partial charge is 0.416 e. The second-order valence-electron chi connectivity index (χ2n) is 5.05. The molecule has 0 aromatic heterocycles. The van der Waals surface area contributed by atoms with Gasteiger partial charge < -0.3 is 0 Å². The second-order valence-corrected chi connectivity index (χ2v) is 5.49. The lowest BCUT2D eigenvalue weighted by atomic mass is 9.96. The minimum Gasteiger partial charge on any atom is -0.298 e. The monoisotopic (exact) mass is 366 g/mol. The molecule has 0 aliphatic heterocycles. The van der Waals surface area contributed by atoms with Gasteiger partial charge in [0.05, 0.1) is 11.1 Å². The van der Waals surface area contributed by atoms with Crippen LogP contribution in [0.25, 0.3) is 0 Å². The van der Waals surface area contributed by atoms with Crippen LogP contribution in [0.2, 0.25) is 5.02 Å². The third kappa shape index (κ3) is 4.29. The van der Waals surface area contributed by atoms with Crippen molar-refractivity contribution >= 4 is 17.9 Å². The molecule has 0 radical (unpaired) electrons. The van der Waals surface area contributed by atoms with Gasteiger partial charge in [0, 0.05) is 10.6 Å². The standard InChI is InChI=1S/C16H9ClF6O/c17-13-5-9(3-10(6-13)8-24)4-11-7-12(15(18,19)20)1-2-14(11)16(21,22)23/h1-3,5-8H,4H2. The Labute approximate surface area is 137 Å². The van der Waals surface area contributed by atoms with Gasteiger partial charge in [0.1, 0.15) is 6.29 Å². The van der Waals surface area contributed by atoms with Gasteiger partial charge in [-0.05, 0) is 53.9 Å². The summed E-state index contributed by atoms with van der Waals surface area (Å²) < 4.78 is 77.4. The Hall–Kier alpha value is -2.02. The van der Waals surface area contributed by atoms with Gasteiger partial charge in [-0.3, -0.25) is 4.79 Å². The summed E-state index contributed by atoms with van der Waals surface area (Å²) in [4.78, 5) is 10.8. The van der Waals surface area contributed by atoms with Crippen LogP contribution in [0.5, 0.6) is 0 Å². The molecule has 24 heavy (non-hydrogen) atoms. The fraction of sp³-hybridized carbons (Fsp3) is 0.188. The highest BCUT2D eigenvalue weighted by molar-refractivity contribution is 6.30. The van der Waals surface area contributed by atoms with Crippen LogP contribution in [-0.2, 0) is 18.8 Å². The maximum atomic E-state index is 13.0. The zero-order chi connectivity index (χ0) is 18.1. The molecule has 0 aliphatic carbocycles. The molecule has 128 valence electrons. The molecule has 0 saturated heterocycles. The molecular formula is C16H9ClF6O. The van der Waals surface area contributed by atoms with Crippen molar-refractivity contribution in [3.8, 4) is 0 Å². The Morgan fingerprint density at radius 2 is 1.58 bits per heavy atom. The summed E-state index contributed by atoms with van der Waals surface area (Å²) in [7, 11) is 0. The van der Waals surface area contributed by atoms with Gasteiger partial charge in [0.25, 0.3) is 0 Å². The predicted molar refractivity (Wildman–Crippen MR) is 76.1 cm³/mol. The van der Waals surface area contributed by atoms with Crippen LogP contribution >= 0.6 is 11.6 Å². The lowest BCUT2D eigenvalue weighted by Gasteiger charge is -2.16. The molecule has 0 unspecified atom stereocenters. The topological polar surface area (TPSA) is 17.1 Å². The first-order chi connectivity index (χ1) is 11.0. The van der Waals surface area contributed by atoms with Gasteiger partial charge in [0.2, 0.25) is 0 Å². The van der Waals surface area contributed by atoms with E-state index in [4.69, 9.17) is 11.6 Å². The molecule has 0 bridgehead atoms. The van der Waals surface area contributed by atoms with Crippen molar-refractivity contribution in [3.63, 3.8) is 0 Å². The number of hydrogen-bond donors (Lipinski definition) is 0. The molecule has 0 aliphatic rings. The van der Waals surface area contributed by atoms with Crippen molar-refractivity contribution in [2.24, 2.45) is 0 Å². The van der Waals surface area contributed by atoms with Crippen molar-refractivity contribution in [2.75, 3.05) is 0 Å². The molecule has 0 saturated carbocycles. The molecular weight excluding hydrogens is 358 g/mol. The minimum absolute atomic E-state index is 0.107. The van der Waals surface area contributed by atoms with Gasteiger partial charge >= 0.3 is 12.4 Å². The van der Waals surface area contributed by atoms with E-state index in [1.54, 1.807) is 0 Å². The quantitative estimate of drug-likeness (QED) is 0.497. The first-order valence-corrected chi connectivity index (χ1v) is 6.90. The smallest absolute Gasteiger partial charge is 0.298 e. The Morgan fingerprint density at radius 1 is 0.917 bits per heavy atom. The molecule has 2 aromatic rings. The van der Waals surface area contributed by atoms with E-state index in [1.165, 1.54) is 18.2 Å².